The Morgan fingerprint density at radius 3 is 3.00 bits per heavy atom. The van der Waals surface area contributed by atoms with Gasteiger partial charge in [-0.15, -0.1) is 0 Å². The number of thiocarbonyl (C=S) groups is 1. The summed E-state index contributed by atoms with van der Waals surface area (Å²) in [6, 6.07) is 7.38. The maximum atomic E-state index is 11.4. The Bertz CT molecular complexity index is 420. The highest BCUT2D eigenvalue weighted by Crippen LogP contribution is 2.19. The number of hydrogen-bond donors (Lipinski definition) is 2. The number of nitrogens with two attached hydrogens (primary N) is 1. The van der Waals surface area contributed by atoms with Gasteiger partial charge in [-0.1, -0.05) is 30.0 Å². The first kappa shape index (κ1) is 11.2. The molecule has 4 nitrogen and oxygen atoms in total. The maximum absolute atomic E-state index is 11.4. The van der Waals surface area contributed by atoms with Gasteiger partial charge in [-0.05, 0) is 18.2 Å². The van der Waals surface area contributed by atoms with E-state index in [4.69, 9.17) is 18.0 Å². The summed E-state index contributed by atoms with van der Waals surface area (Å²) >= 11 is 6.46. The van der Waals surface area contributed by atoms with Crippen LogP contribution in [0, 0.1) is 0 Å². The van der Waals surface area contributed by atoms with Gasteiger partial charge in [-0.25, -0.2) is 0 Å². The lowest BCUT2D eigenvalue weighted by atomic mass is 10.3. The van der Waals surface area contributed by atoms with Gasteiger partial charge >= 0.3 is 0 Å². The van der Waals surface area contributed by atoms with Crippen LogP contribution in [0.5, 0.6) is 0 Å². The van der Waals surface area contributed by atoms with E-state index in [2.05, 4.69) is 5.32 Å². The number of nitrogens with zero attached hydrogens (tertiary/aromatic N) is 1. The molecule has 1 aromatic rings. The highest BCUT2D eigenvalue weighted by atomic mass is 32.2. The van der Waals surface area contributed by atoms with Gasteiger partial charge in [0.05, 0.1) is 12.4 Å². The summed E-state index contributed by atoms with van der Waals surface area (Å²) in [4.78, 5) is 13.0. The molecule has 0 saturated carbocycles. The van der Waals surface area contributed by atoms with Gasteiger partial charge in [0.1, 0.15) is 4.32 Å². The number of rotatable bonds is 3. The number of benzene rings is 1. The summed E-state index contributed by atoms with van der Waals surface area (Å²) in [5.41, 5.74) is 7.22. The van der Waals surface area contributed by atoms with Crippen LogP contribution in [0.4, 0.5) is 11.4 Å². The maximum Gasteiger partial charge on any atom is 0.239 e. The lowest BCUT2D eigenvalue weighted by molar-refractivity contribution is -0.123. The normalized spacial score (nSPS) is 15.6. The first-order valence-electron chi connectivity index (χ1n) is 4.73. The molecule has 1 amide bonds. The Balaban J connectivity index is 1.97. The van der Waals surface area contributed by atoms with Gasteiger partial charge in [-0.2, -0.15) is 0 Å². The molecule has 1 heterocycles. The molecule has 84 valence electrons. The standard InChI is InChI=1S/C10H11N3OS2/c11-7-2-1-3-8(4-7)12-6-13-9(14)5-16-10(13)15/h1-4,12H,5-6,11H2. The molecule has 1 aliphatic rings. The Morgan fingerprint density at radius 2 is 2.38 bits per heavy atom. The highest BCUT2D eigenvalue weighted by Gasteiger charge is 2.25. The van der Waals surface area contributed by atoms with Gasteiger partial charge in [-0.3, -0.25) is 9.69 Å². The predicted molar refractivity (Wildman–Crippen MR) is 71.2 cm³/mol. The van der Waals surface area contributed by atoms with Crippen LogP contribution in [0.25, 0.3) is 0 Å². The second kappa shape index (κ2) is 4.71. The molecule has 1 aromatic carbocycles. The van der Waals surface area contributed by atoms with Crippen LogP contribution in [0.1, 0.15) is 0 Å². The minimum Gasteiger partial charge on any atom is -0.399 e. The van der Waals surface area contributed by atoms with E-state index in [0.29, 0.717) is 22.4 Å². The molecule has 6 heteroatoms. The molecule has 16 heavy (non-hydrogen) atoms. The van der Waals surface area contributed by atoms with Crippen molar-refractivity contribution in [3.8, 4) is 0 Å². The molecule has 0 spiro atoms. The van der Waals surface area contributed by atoms with Crippen molar-refractivity contribution in [1.29, 1.82) is 0 Å². The van der Waals surface area contributed by atoms with Crippen molar-refractivity contribution in [2.75, 3.05) is 23.5 Å². The van der Waals surface area contributed by atoms with Crippen molar-refractivity contribution in [3.63, 3.8) is 0 Å². The highest BCUT2D eigenvalue weighted by molar-refractivity contribution is 8.23. The molecule has 0 radical (unpaired) electrons. The van der Waals surface area contributed by atoms with Crippen molar-refractivity contribution >= 4 is 45.6 Å². The van der Waals surface area contributed by atoms with E-state index in [9.17, 15) is 4.79 Å². The molecule has 2 rings (SSSR count). The number of hydrogen-bond acceptors (Lipinski definition) is 5. The smallest absolute Gasteiger partial charge is 0.239 e. The van der Waals surface area contributed by atoms with E-state index in [1.54, 1.807) is 4.90 Å². The number of anilines is 2. The van der Waals surface area contributed by atoms with Crippen LogP contribution in [-0.4, -0.2) is 27.5 Å². The first-order valence-corrected chi connectivity index (χ1v) is 6.13. The molecule has 3 N–H and O–H groups in total. The molecule has 1 aliphatic heterocycles. The summed E-state index contributed by atoms with van der Waals surface area (Å²) in [7, 11) is 0. The summed E-state index contributed by atoms with van der Waals surface area (Å²) in [6.07, 6.45) is 0. The Morgan fingerprint density at radius 1 is 1.56 bits per heavy atom. The Kier molecular flexibility index (Phi) is 3.31. The van der Waals surface area contributed by atoms with E-state index in [0.717, 1.165) is 5.69 Å². The SMILES string of the molecule is Nc1cccc(NCN2C(=O)CSC2=S)c1. The lowest BCUT2D eigenvalue weighted by Crippen LogP contribution is -2.33. The van der Waals surface area contributed by atoms with Crippen molar-refractivity contribution < 1.29 is 4.79 Å². The van der Waals surface area contributed by atoms with Crippen LogP contribution in [-0.2, 0) is 4.79 Å². The van der Waals surface area contributed by atoms with E-state index >= 15 is 0 Å². The third-order valence-corrected chi connectivity index (χ3v) is 3.60. The average molecular weight is 253 g/mol. The minimum absolute atomic E-state index is 0.0476. The van der Waals surface area contributed by atoms with Gasteiger partial charge in [0.25, 0.3) is 0 Å². The number of carbonyl (C=O) groups is 1. The summed E-state index contributed by atoms with van der Waals surface area (Å²) < 4.78 is 0.626. The second-order valence-electron chi connectivity index (χ2n) is 3.34. The van der Waals surface area contributed by atoms with Crippen molar-refractivity contribution in [2.24, 2.45) is 0 Å². The summed E-state index contributed by atoms with van der Waals surface area (Å²) in [5.74, 6) is 0.490. The van der Waals surface area contributed by atoms with E-state index < -0.39 is 0 Å². The monoisotopic (exact) mass is 253 g/mol. The van der Waals surface area contributed by atoms with Gasteiger partial charge < -0.3 is 11.1 Å². The topological polar surface area (TPSA) is 58.4 Å². The third-order valence-electron chi connectivity index (χ3n) is 2.17. The molecule has 1 saturated heterocycles. The summed E-state index contributed by atoms with van der Waals surface area (Å²) in [5, 5.41) is 3.11. The molecule has 0 unspecified atom stereocenters. The van der Waals surface area contributed by atoms with Crippen molar-refractivity contribution in [2.45, 2.75) is 0 Å². The number of thioether (sulfide) groups is 1. The average Bonchev–Trinajstić information content (AvgIpc) is 2.56. The van der Waals surface area contributed by atoms with Gasteiger partial charge in [0, 0.05) is 11.4 Å². The zero-order chi connectivity index (χ0) is 11.5. The lowest BCUT2D eigenvalue weighted by Gasteiger charge is -2.16. The van der Waals surface area contributed by atoms with Gasteiger partial charge in [0.15, 0.2) is 0 Å². The molecular formula is C10H11N3OS2. The minimum atomic E-state index is 0.0476. The zero-order valence-corrected chi connectivity index (χ0v) is 10.1. The zero-order valence-electron chi connectivity index (χ0n) is 8.47. The third kappa shape index (κ3) is 2.45. The fourth-order valence-corrected chi connectivity index (χ4v) is 2.42. The van der Waals surface area contributed by atoms with Crippen LogP contribution in [0.3, 0.4) is 0 Å². The number of nitrogen functional groups attached to an aromatic ring is 1. The fraction of sp³-hybridized carbons (Fsp3) is 0.200. The van der Waals surface area contributed by atoms with Gasteiger partial charge in [0.2, 0.25) is 5.91 Å². The van der Waals surface area contributed by atoms with E-state index in [1.807, 2.05) is 24.3 Å². The molecular weight excluding hydrogens is 242 g/mol. The van der Waals surface area contributed by atoms with Crippen LogP contribution >= 0.6 is 24.0 Å². The fourth-order valence-electron chi connectivity index (χ4n) is 1.35. The van der Waals surface area contributed by atoms with Crippen molar-refractivity contribution in [1.82, 2.24) is 4.90 Å². The Hall–Kier alpha value is -1.27. The van der Waals surface area contributed by atoms with Crippen LogP contribution in [0.15, 0.2) is 24.3 Å². The largest absolute Gasteiger partial charge is 0.399 e. The number of amides is 1. The number of carbonyl (C=O) groups excluding carboxylic acids is 1. The van der Waals surface area contributed by atoms with Crippen LogP contribution in [0.2, 0.25) is 0 Å². The van der Waals surface area contributed by atoms with E-state index in [1.165, 1.54) is 11.8 Å². The number of nitrogens with one attached hydrogen (secondary N) is 1. The van der Waals surface area contributed by atoms with Crippen LogP contribution < -0.4 is 11.1 Å². The summed E-state index contributed by atoms with van der Waals surface area (Å²) in [6.45, 7) is 0.397. The van der Waals surface area contributed by atoms with Crippen molar-refractivity contribution in [3.05, 3.63) is 24.3 Å². The first-order chi connectivity index (χ1) is 7.66. The molecule has 0 atom stereocenters. The predicted octanol–water partition coefficient (Wildman–Crippen LogP) is 1.50. The molecule has 0 bridgehead atoms. The van der Waals surface area contributed by atoms with E-state index in [-0.39, 0.29) is 5.91 Å². The second-order valence-corrected chi connectivity index (χ2v) is 4.95. The Labute approximate surface area is 103 Å². The molecule has 0 aromatic heterocycles. The molecule has 0 aliphatic carbocycles. The molecule has 1 fully saturated rings. The quantitative estimate of drug-likeness (QED) is 0.631.